The molecule has 204 valence electrons. The lowest BCUT2D eigenvalue weighted by atomic mass is 10.0. The summed E-state index contributed by atoms with van der Waals surface area (Å²) in [5.74, 6) is 0. The number of fused-ring (bicyclic) bond motifs is 2. The molecule has 1 fully saturated rings. The van der Waals surface area contributed by atoms with Crippen LogP contribution >= 0.6 is 0 Å². The van der Waals surface area contributed by atoms with Crippen LogP contribution in [0.2, 0.25) is 0 Å². The first-order valence-corrected chi connectivity index (χ1v) is 14.0. The van der Waals surface area contributed by atoms with Gasteiger partial charge in [0.05, 0.1) is 47.0 Å². The number of H-pyrrole nitrogens is 2. The van der Waals surface area contributed by atoms with E-state index in [4.69, 9.17) is 4.98 Å². The summed E-state index contributed by atoms with van der Waals surface area (Å²) in [7, 11) is 0. The number of imidazole rings is 1. The predicted molar refractivity (Wildman–Crippen MR) is 162 cm³/mol. The lowest BCUT2D eigenvalue weighted by Gasteiger charge is -2.26. The Labute approximate surface area is 234 Å². The number of aromatic nitrogens is 7. The Morgan fingerprint density at radius 2 is 1.90 bits per heavy atom. The van der Waals surface area contributed by atoms with Crippen molar-refractivity contribution in [1.29, 1.82) is 0 Å². The number of hydrogen-bond acceptors (Lipinski definition) is 5. The van der Waals surface area contributed by atoms with Crippen LogP contribution in [0, 0.1) is 6.92 Å². The fraction of sp³-hybridized carbons (Fsp3) is 0.312. The summed E-state index contributed by atoms with van der Waals surface area (Å²) in [5.41, 5.74) is 10.1. The fourth-order valence-electron chi connectivity index (χ4n) is 5.52. The zero-order valence-electron chi connectivity index (χ0n) is 23.5. The highest BCUT2D eigenvalue weighted by atomic mass is 15.2. The van der Waals surface area contributed by atoms with E-state index < -0.39 is 0 Å². The van der Waals surface area contributed by atoms with Gasteiger partial charge in [0, 0.05) is 35.3 Å². The van der Waals surface area contributed by atoms with Gasteiger partial charge >= 0.3 is 0 Å². The van der Waals surface area contributed by atoms with E-state index in [1.54, 1.807) is 0 Å². The standard InChI is InChI=1S/C32H36N8/c1-21(2)8-9-24(12-22(3)18-39-10-6-5-7-11-39)25-13-27-31(37-38-32(27)34-15-25)28-14-26-29(36-28)16-33-17-30(26)40-19-23(4)35-20-40/h9,12-17,19-20,36H,1,5-8,10-11,18H2,2-4H3,(H,34,37,38)/b22-12+,24-9+. The van der Waals surface area contributed by atoms with Crippen molar-refractivity contribution in [3.63, 3.8) is 0 Å². The molecule has 40 heavy (non-hydrogen) atoms. The molecule has 6 rings (SSSR count). The van der Waals surface area contributed by atoms with E-state index in [-0.39, 0.29) is 0 Å². The zero-order valence-corrected chi connectivity index (χ0v) is 23.5. The molecule has 8 heteroatoms. The molecule has 0 spiro atoms. The zero-order chi connectivity index (χ0) is 27.6. The van der Waals surface area contributed by atoms with Crippen LogP contribution in [0.1, 0.15) is 50.8 Å². The normalized spacial score (nSPS) is 15.4. The first kappa shape index (κ1) is 26.0. The lowest BCUT2D eigenvalue weighted by molar-refractivity contribution is 0.246. The maximum absolute atomic E-state index is 4.74. The first-order valence-electron chi connectivity index (χ1n) is 14.0. The Morgan fingerprint density at radius 3 is 2.67 bits per heavy atom. The number of aryl methyl sites for hydroxylation is 1. The van der Waals surface area contributed by atoms with Gasteiger partial charge in [0.1, 0.15) is 0 Å². The number of aromatic amines is 2. The molecule has 0 radical (unpaired) electrons. The van der Waals surface area contributed by atoms with Crippen molar-refractivity contribution >= 4 is 27.5 Å². The molecule has 0 aliphatic carbocycles. The van der Waals surface area contributed by atoms with Gasteiger partial charge in [-0.15, -0.1) is 0 Å². The lowest BCUT2D eigenvalue weighted by Crippen LogP contribution is -2.31. The molecule has 0 bridgehead atoms. The highest BCUT2D eigenvalue weighted by Crippen LogP contribution is 2.32. The largest absolute Gasteiger partial charge is 0.352 e. The van der Waals surface area contributed by atoms with E-state index in [9.17, 15) is 0 Å². The van der Waals surface area contributed by atoms with Gasteiger partial charge < -0.3 is 9.55 Å². The first-order chi connectivity index (χ1) is 19.4. The molecular weight excluding hydrogens is 496 g/mol. The molecule has 0 saturated carbocycles. The van der Waals surface area contributed by atoms with Crippen LogP contribution in [0.3, 0.4) is 0 Å². The van der Waals surface area contributed by atoms with E-state index in [0.717, 1.165) is 68.7 Å². The minimum atomic E-state index is 0.689. The number of piperidine rings is 1. The van der Waals surface area contributed by atoms with Gasteiger partial charge in [0.2, 0.25) is 0 Å². The number of likely N-dealkylation sites (tertiary alicyclic amines) is 1. The van der Waals surface area contributed by atoms with Gasteiger partial charge in [-0.25, -0.2) is 9.97 Å². The van der Waals surface area contributed by atoms with Crippen molar-refractivity contribution in [3.05, 3.63) is 84.4 Å². The summed E-state index contributed by atoms with van der Waals surface area (Å²) in [4.78, 5) is 19.7. The summed E-state index contributed by atoms with van der Waals surface area (Å²) in [6, 6.07) is 4.34. The van der Waals surface area contributed by atoms with Gasteiger partial charge in [-0.1, -0.05) is 36.3 Å². The third kappa shape index (κ3) is 5.40. The summed E-state index contributed by atoms with van der Waals surface area (Å²) in [6.45, 7) is 13.8. The monoisotopic (exact) mass is 532 g/mol. The van der Waals surface area contributed by atoms with Crippen LogP contribution < -0.4 is 0 Å². The SMILES string of the molecule is C=C(C)C/C=C(\C=C(/C)CN1CCCCC1)c1cnc2n[nH]c(-c3cc4c(-n5cnc(C)c5)cncc4[nH]3)c2c1. The highest BCUT2D eigenvalue weighted by Gasteiger charge is 2.16. The molecular formula is C32H36N8. The van der Waals surface area contributed by atoms with Crippen molar-refractivity contribution in [1.82, 2.24) is 39.6 Å². The van der Waals surface area contributed by atoms with Gasteiger partial charge in [0.15, 0.2) is 5.65 Å². The Balaban J connectivity index is 1.38. The summed E-state index contributed by atoms with van der Waals surface area (Å²) in [6.07, 6.45) is 18.8. The third-order valence-electron chi connectivity index (χ3n) is 7.52. The van der Waals surface area contributed by atoms with Crippen LogP contribution in [-0.4, -0.2) is 59.2 Å². The highest BCUT2D eigenvalue weighted by molar-refractivity contribution is 5.97. The molecule has 0 atom stereocenters. The maximum Gasteiger partial charge on any atom is 0.181 e. The number of rotatable bonds is 8. The molecule has 1 aliphatic rings. The molecule has 0 amide bonds. The van der Waals surface area contributed by atoms with E-state index in [1.807, 2.05) is 42.6 Å². The van der Waals surface area contributed by atoms with Crippen LogP contribution in [0.15, 0.2) is 73.1 Å². The maximum atomic E-state index is 4.74. The molecule has 5 aromatic heterocycles. The number of nitrogens with one attached hydrogen (secondary N) is 2. The van der Waals surface area contributed by atoms with Gasteiger partial charge in [-0.2, -0.15) is 5.10 Å². The summed E-state index contributed by atoms with van der Waals surface area (Å²) >= 11 is 0. The minimum absolute atomic E-state index is 0.689. The molecule has 8 nitrogen and oxygen atoms in total. The van der Waals surface area contributed by atoms with Gasteiger partial charge in [-0.05, 0) is 70.8 Å². The van der Waals surface area contributed by atoms with Crippen molar-refractivity contribution in [2.24, 2.45) is 0 Å². The molecule has 2 N–H and O–H groups in total. The number of pyridine rings is 2. The average Bonchev–Trinajstić information content (AvgIpc) is 3.68. The second-order valence-corrected chi connectivity index (χ2v) is 11.1. The van der Waals surface area contributed by atoms with E-state index in [1.165, 1.54) is 37.9 Å². The smallest absolute Gasteiger partial charge is 0.181 e. The van der Waals surface area contributed by atoms with Gasteiger partial charge in [0.25, 0.3) is 0 Å². The van der Waals surface area contributed by atoms with Crippen LogP contribution in [0.25, 0.3) is 44.6 Å². The quantitative estimate of drug-likeness (QED) is 0.170. The van der Waals surface area contributed by atoms with E-state index >= 15 is 0 Å². The number of allylic oxidation sites excluding steroid dienone is 4. The molecule has 6 heterocycles. The number of nitrogens with zero attached hydrogens (tertiary/aromatic N) is 6. The minimum Gasteiger partial charge on any atom is -0.352 e. The van der Waals surface area contributed by atoms with E-state index in [0.29, 0.717) is 5.65 Å². The summed E-state index contributed by atoms with van der Waals surface area (Å²) < 4.78 is 2.00. The fourth-order valence-corrected chi connectivity index (χ4v) is 5.52. The number of hydrogen-bond donors (Lipinski definition) is 2. The van der Waals surface area contributed by atoms with E-state index in [2.05, 4.69) is 74.8 Å². The van der Waals surface area contributed by atoms with Crippen LogP contribution in [0.4, 0.5) is 0 Å². The summed E-state index contributed by atoms with van der Waals surface area (Å²) in [5, 5.41) is 9.78. The van der Waals surface area contributed by atoms with Crippen LogP contribution in [-0.2, 0) is 0 Å². The second kappa shape index (κ2) is 11.1. The van der Waals surface area contributed by atoms with Crippen molar-refractivity contribution in [2.45, 2.75) is 46.5 Å². The molecule has 0 unspecified atom stereocenters. The Morgan fingerprint density at radius 1 is 1.05 bits per heavy atom. The topological polar surface area (TPSA) is 91.3 Å². The average molecular weight is 533 g/mol. The Hall–Kier alpha value is -4.30. The Kier molecular flexibility index (Phi) is 7.17. The van der Waals surface area contributed by atoms with Crippen molar-refractivity contribution < 1.29 is 0 Å². The molecule has 5 aromatic rings. The van der Waals surface area contributed by atoms with Crippen molar-refractivity contribution in [2.75, 3.05) is 19.6 Å². The Bertz CT molecular complexity index is 1740. The third-order valence-corrected chi connectivity index (χ3v) is 7.52. The molecule has 1 saturated heterocycles. The van der Waals surface area contributed by atoms with Crippen molar-refractivity contribution in [3.8, 4) is 17.1 Å². The second-order valence-electron chi connectivity index (χ2n) is 11.1. The predicted octanol–water partition coefficient (Wildman–Crippen LogP) is 6.78. The van der Waals surface area contributed by atoms with Crippen LogP contribution in [0.5, 0.6) is 0 Å². The van der Waals surface area contributed by atoms with Gasteiger partial charge in [-0.3, -0.25) is 15.0 Å². The molecule has 1 aliphatic heterocycles. The molecule has 0 aromatic carbocycles.